The Balaban J connectivity index is 2.53. The second-order valence-electron chi connectivity index (χ2n) is 3.74. The molecule has 0 radical (unpaired) electrons. The summed E-state index contributed by atoms with van der Waals surface area (Å²) in [6.07, 6.45) is 5.53. The van der Waals surface area contributed by atoms with Gasteiger partial charge in [0.1, 0.15) is 11.9 Å². The van der Waals surface area contributed by atoms with Gasteiger partial charge in [0.25, 0.3) is 0 Å². The number of aromatic nitrogens is 2. The minimum absolute atomic E-state index is 0.563. The summed E-state index contributed by atoms with van der Waals surface area (Å²) >= 11 is 5.88. The molecular weight excluding hydrogens is 234 g/mol. The van der Waals surface area contributed by atoms with Crippen LogP contribution in [0.3, 0.4) is 0 Å². The maximum Gasteiger partial charge on any atom is 0.113 e. The Morgan fingerprint density at radius 3 is 3.00 bits per heavy atom. The molecule has 0 bridgehead atoms. The van der Waals surface area contributed by atoms with E-state index in [1.807, 2.05) is 16.8 Å². The number of hydrogen-bond acceptors (Lipinski definition) is 2. The third kappa shape index (κ3) is 2.32. The number of hydrogen-bond donors (Lipinski definition) is 0. The summed E-state index contributed by atoms with van der Waals surface area (Å²) in [5.74, 6) is 0.964. The maximum atomic E-state index is 9.12. The molecule has 0 aliphatic heterocycles. The topological polar surface area (TPSA) is 41.6 Å². The highest BCUT2D eigenvalue weighted by Gasteiger charge is 2.09. The molecule has 0 saturated heterocycles. The molecule has 0 aliphatic rings. The number of aryl methyl sites for hydroxylation is 1. The number of rotatable bonds is 3. The van der Waals surface area contributed by atoms with Crippen molar-refractivity contribution < 1.29 is 0 Å². The van der Waals surface area contributed by atoms with Crippen LogP contribution in [-0.4, -0.2) is 9.55 Å². The van der Waals surface area contributed by atoms with E-state index in [1.54, 1.807) is 18.3 Å². The highest BCUT2D eigenvalue weighted by Crippen LogP contribution is 2.20. The Hall–Kier alpha value is -1.79. The van der Waals surface area contributed by atoms with E-state index in [0.29, 0.717) is 10.6 Å². The van der Waals surface area contributed by atoms with Crippen LogP contribution in [0.2, 0.25) is 5.02 Å². The van der Waals surface area contributed by atoms with Crippen LogP contribution in [0.5, 0.6) is 0 Å². The smallest absolute Gasteiger partial charge is 0.113 e. The van der Waals surface area contributed by atoms with E-state index in [2.05, 4.69) is 18.0 Å². The summed E-state index contributed by atoms with van der Waals surface area (Å²) in [4.78, 5) is 4.30. The van der Waals surface area contributed by atoms with Gasteiger partial charge in [-0.3, -0.25) is 0 Å². The predicted octanol–water partition coefficient (Wildman–Crippen LogP) is 3.35. The lowest BCUT2D eigenvalue weighted by molar-refractivity contribution is 0.808. The molecule has 0 fully saturated rings. The predicted molar refractivity (Wildman–Crippen MR) is 67.3 cm³/mol. The van der Waals surface area contributed by atoms with Crippen LogP contribution in [0.25, 0.3) is 5.69 Å². The number of nitrogens with zero attached hydrogens (tertiary/aromatic N) is 3. The molecule has 4 heteroatoms. The number of benzene rings is 1. The molecule has 0 unspecified atom stereocenters. The largest absolute Gasteiger partial charge is 0.302 e. The van der Waals surface area contributed by atoms with E-state index in [0.717, 1.165) is 24.4 Å². The van der Waals surface area contributed by atoms with Gasteiger partial charge in [-0.1, -0.05) is 18.5 Å². The first-order valence-corrected chi connectivity index (χ1v) is 5.86. The summed E-state index contributed by atoms with van der Waals surface area (Å²) in [6, 6.07) is 7.47. The van der Waals surface area contributed by atoms with Crippen molar-refractivity contribution >= 4 is 11.6 Å². The first kappa shape index (κ1) is 11.7. The lowest BCUT2D eigenvalue weighted by atomic mass is 10.2. The molecule has 1 aromatic carbocycles. The molecule has 3 nitrogen and oxygen atoms in total. The average Bonchev–Trinajstić information content (AvgIpc) is 2.77. The van der Waals surface area contributed by atoms with Crippen LogP contribution < -0.4 is 0 Å². The zero-order valence-corrected chi connectivity index (χ0v) is 10.3. The number of imidazole rings is 1. The zero-order valence-electron chi connectivity index (χ0n) is 9.52. The van der Waals surface area contributed by atoms with E-state index in [1.165, 1.54) is 0 Å². The maximum absolute atomic E-state index is 9.12. The molecule has 17 heavy (non-hydrogen) atoms. The normalized spacial score (nSPS) is 10.2. The third-order valence-electron chi connectivity index (χ3n) is 2.53. The van der Waals surface area contributed by atoms with Crippen molar-refractivity contribution in [1.29, 1.82) is 5.26 Å². The Bertz CT molecular complexity index is 566. The van der Waals surface area contributed by atoms with Gasteiger partial charge in [0.15, 0.2) is 0 Å². The molecule has 0 aliphatic carbocycles. The quantitative estimate of drug-likeness (QED) is 0.832. The molecule has 86 valence electrons. The first-order chi connectivity index (χ1) is 8.26. The van der Waals surface area contributed by atoms with Crippen molar-refractivity contribution in [2.45, 2.75) is 19.8 Å². The third-order valence-corrected chi connectivity index (χ3v) is 2.76. The molecule has 0 saturated carbocycles. The fourth-order valence-electron chi connectivity index (χ4n) is 1.77. The Kier molecular flexibility index (Phi) is 3.46. The summed E-state index contributed by atoms with van der Waals surface area (Å²) in [6.45, 7) is 2.10. The minimum atomic E-state index is 0.563. The van der Waals surface area contributed by atoms with Crippen LogP contribution in [0.4, 0.5) is 0 Å². The van der Waals surface area contributed by atoms with Crippen LogP contribution in [0, 0.1) is 11.3 Å². The highest BCUT2D eigenvalue weighted by atomic mass is 35.5. The highest BCUT2D eigenvalue weighted by molar-refractivity contribution is 6.30. The first-order valence-electron chi connectivity index (χ1n) is 5.48. The van der Waals surface area contributed by atoms with E-state index >= 15 is 0 Å². The van der Waals surface area contributed by atoms with Gasteiger partial charge in [-0.15, -0.1) is 0 Å². The van der Waals surface area contributed by atoms with Gasteiger partial charge in [-0.05, 0) is 24.6 Å². The number of nitriles is 1. The SMILES string of the molecule is CCCc1nccn1-c1ccc(Cl)cc1C#N. The molecule has 1 aromatic heterocycles. The lowest BCUT2D eigenvalue weighted by Crippen LogP contribution is -2.02. The Morgan fingerprint density at radius 1 is 1.47 bits per heavy atom. The second-order valence-corrected chi connectivity index (χ2v) is 4.17. The van der Waals surface area contributed by atoms with Crippen molar-refractivity contribution in [3.8, 4) is 11.8 Å². The van der Waals surface area contributed by atoms with Gasteiger partial charge in [-0.25, -0.2) is 4.98 Å². The molecule has 1 heterocycles. The van der Waals surface area contributed by atoms with Crippen molar-refractivity contribution in [2.75, 3.05) is 0 Å². The van der Waals surface area contributed by atoms with Crippen molar-refractivity contribution in [1.82, 2.24) is 9.55 Å². The molecule has 2 aromatic rings. The standard InChI is InChI=1S/C13H12ClN3/c1-2-3-13-16-6-7-17(13)12-5-4-11(14)8-10(12)9-15/h4-8H,2-3H2,1H3. The van der Waals surface area contributed by atoms with Crippen LogP contribution >= 0.6 is 11.6 Å². The van der Waals surface area contributed by atoms with Gasteiger partial charge >= 0.3 is 0 Å². The fraction of sp³-hybridized carbons (Fsp3) is 0.231. The van der Waals surface area contributed by atoms with Gasteiger partial charge in [-0.2, -0.15) is 5.26 Å². The zero-order chi connectivity index (χ0) is 12.3. The van der Waals surface area contributed by atoms with E-state index in [9.17, 15) is 0 Å². The fourth-order valence-corrected chi connectivity index (χ4v) is 1.94. The van der Waals surface area contributed by atoms with Crippen LogP contribution in [-0.2, 0) is 6.42 Å². The minimum Gasteiger partial charge on any atom is -0.302 e. The van der Waals surface area contributed by atoms with Gasteiger partial charge in [0, 0.05) is 23.8 Å². The summed E-state index contributed by atoms with van der Waals surface area (Å²) < 4.78 is 1.94. The molecular formula is C13H12ClN3. The van der Waals surface area contributed by atoms with Crippen LogP contribution in [0.15, 0.2) is 30.6 Å². The summed E-state index contributed by atoms with van der Waals surface area (Å²) in [7, 11) is 0. The Morgan fingerprint density at radius 2 is 2.29 bits per heavy atom. The second kappa shape index (κ2) is 5.03. The van der Waals surface area contributed by atoms with Crippen molar-refractivity contribution in [3.05, 3.63) is 47.0 Å². The molecule has 0 spiro atoms. The lowest BCUT2D eigenvalue weighted by Gasteiger charge is -2.09. The number of halogens is 1. The van der Waals surface area contributed by atoms with E-state index in [-0.39, 0.29) is 0 Å². The van der Waals surface area contributed by atoms with Crippen LogP contribution in [0.1, 0.15) is 24.7 Å². The average molecular weight is 246 g/mol. The summed E-state index contributed by atoms with van der Waals surface area (Å²) in [5.41, 5.74) is 1.39. The van der Waals surface area contributed by atoms with Gasteiger partial charge in [0.05, 0.1) is 11.3 Å². The van der Waals surface area contributed by atoms with Crippen molar-refractivity contribution in [3.63, 3.8) is 0 Å². The molecule has 2 rings (SSSR count). The van der Waals surface area contributed by atoms with E-state index in [4.69, 9.17) is 16.9 Å². The molecule has 0 amide bonds. The van der Waals surface area contributed by atoms with Gasteiger partial charge < -0.3 is 4.57 Å². The van der Waals surface area contributed by atoms with Gasteiger partial charge in [0.2, 0.25) is 0 Å². The Labute approximate surface area is 105 Å². The molecule has 0 atom stereocenters. The molecule has 0 N–H and O–H groups in total. The monoisotopic (exact) mass is 245 g/mol. The summed E-state index contributed by atoms with van der Waals surface area (Å²) in [5, 5.41) is 9.69. The van der Waals surface area contributed by atoms with Crippen molar-refractivity contribution in [2.24, 2.45) is 0 Å². The van der Waals surface area contributed by atoms with E-state index < -0.39 is 0 Å².